The number of rotatable bonds is 6. The minimum absolute atomic E-state index is 0.125. The number of nitrogens with one attached hydrogen (secondary N) is 1. The molecule has 0 aromatic carbocycles. The molecular formula is C10H19N3O3S. The molecule has 0 spiro atoms. The highest BCUT2D eigenvalue weighted by Crippen LogP contribution is 2.12. The molecule has 7 heteroatoms. The van der Waals surface area contributed by atoms with Crippen molar-refractivity contribution in [2.24, 2.45) is 5.84 Å². The van der Waals surface area contributed by atoms with Crippen molar-refractivity contribution >= 4 is 17.2 Å². The average Bonchev–Trinajstić information content (AvgIpc) is 2.30. The Kier molecular flexibility index (Phi) is 5.96. The lowest BCUT2D eigenvalue weighted by molar-refractivity contribution is -0.0955. The van der Waals surface area contributed by atoms with Crippen LogP contribution >= 0.6 is 12.2 Å². The molecule has 2 atom stereocenters. The van der Waals surface area contributed by atoms with Gasteiger partial charge in [0.05, 0.1) is 0 Å². The summed E-state index contributed by atoms with van der Waals surface area (Å²) in [6.07, 6.45) is 0.695. The Morgan fingerprint density at radius 2 is 2.35 bits per heavy atom. The molecule has 0 aromatic rings. The van der Waals surface area contributed by atoms with Gasteiger partial charge in [-0.2, -0.15) is 0 Å². The van der Waals surface area contributed by atoms with Crippen molar-refractivity contribution in [3.63, 3.8) is 0 Å². The standard InChI is InChI=1S/C10H19N3O3S/c1-2-16-8(14)6-12-9(15)7-4-3-5-13(11)10(7)17/h4,8-9,12,14-15H,2-3,5-6,11H2,1H3. The lowest BCUT2D eigenvalue weighted by Gasteiger charge is -2.28. The third-order valence-electron chi connectivity index (χ3n) is 2.38. The van der Waals surface area contributed by atoms with Crippen LogP contribution in [0.25, 0.3) is 0 Å². The summed E-state index contributed by atoms with van der Waals surface area (Å²) >= 11 is 5.10. The van der Waals surface area contributed by atoms with Crippen LogP contribution in [0.3, 0.4) is 0 Å². The molecule has 0 radical (unpaired) electrons. The van der Waals surface area contributed by atoms with Gasteiger partial charge in [0.2, 0.25) is 0 Å². The fourth-order valence-electron chi connectivity index (χ4n) is 1.52. The molecule has 17 heavy (non-hydrogen) atoms. The second kappa shape index (κ2) is 7.00. The summed E-state index contributed by atoms with van der Waals surface area (Å²) in [5.74, 6) is 5.65. The second-order valence-electron chi connectivity index (χ2n) is 3.67. The van der Waals surface area contributed by atoms with Crippen LogP contribution < -0.4 is 11.2 Å². The first-order valence-electron chi connectivity index (χ1n) is 5.54. The zero-order valence-corrected chi connectivity index (χ0v) is 10.6. The number of nitrogens with zero attached hydrogens (tertiary/aromatic N) is 1. The first-order chi connectivity index (χ1) is 8.06. The van der Waals surface area contributed by atoms with Crippen LogP contribution in [-0.4, -0.2) is 52.4 Å². The zero-order valence-electron chi connectivity index (χ0n) is 9.80. The number of hydrogen-bond donors (Lipinski definition) is 4. The van der Waals surface area contributed by atoms with Gasteiger partial charge in [0.1, 0.15) is 11.2 Å². The lowest BCUT2D eigenvalue weighted by Crippen LogP contribution is -2.47. The molecule has 0 saturated carbocycles. The fraction of sp³-hybridized carbons (Fsp3) is 0.700. The van der Waals surface area contributed by atoms with E-state index < -0.39 is 12.5 Å². The normalized spacial score (nSPS) is 20.1. The molecule has 0 amide bonds. The van der Waals surface area contributed by atoms with Gasteiger partial charge in [-0.15, -0.1) is 0 Å². The minimum Gasteiger partial charge on any atom is -0.374 e. The van der Waals surface area contributed by atoms with E-state index in [0.29, 0.717) is 23.7 Å². The van der Waals surface area contributed by atoms with Crippen LogP contribution in [-0.2, 0) is 4.74 Å². The van der Waals surface area contributed by atoms with Crippen LogP contribution in [0.1, 0.15) is 13.3 Å². The highest BCUT2D eigenvalue weighted by atomic mass is 32.1. The number of aliphatic hydroxyl groups excluding tert-OH is 2. The molecule has 1 aliphatic heterocycles. The van der Waals surface area contributed by atoms with E-state index in [2.05, 4.69) is 5.32 Å². The van der Waals surface area contributed by atoms with Gasteiger partial charge < -0.3 is 20.0 Å². The molecule has 1 aliphatic rings. The van der Waals surface area contributed by atoms with E-state index in [0.717, 1.165) is 6.42 Å². The maximum absolute atomic E-state index is 9.86. The Bertz CT molecular complexity index is 299. The summed E-state index contributed by atoms with van der Waals surface area (Å²) in [6, 6.07) is 0. The topological polar surface area (TPSA) is 91.0 Å². The smallest absolute Gasteiger partial charge is 0.167 e. The van der Waals surface area contributed by atoms with E-state index in [-0.39, 0.29) is 6.54 Å². The Morgan fingerprint density at radius 1 is 1.65 bits per heavy atom. The van der Waals surface area contributed by atoms with Crippen molar-refractivity contribution in [3.05, 3.63) is 11.6 Å². The van der Waals surface area contributed by atoms with Crippen molar-refractivity contribution < 1.29 is 14.9 Å². The van der Waals surface area contributed by atoms with Gasteiger partial charge in [-0.3, -0.25) is 5.32 Å². The predicted molar refractivity (Wildman–Crippen MR) is 67.8 cm³/mol. The van der Waals surface area contributed by atoms with Crippen LogP contribution in [0.2, 0.25) is 0 Å². The molecule has 0 saturated heterocycles. The number of hydrogen-bond acceptors (Lipinski definition) is 6. The summed E-state index contributed by atoms with van der Waals surface area (Å²) in [5, 5.41) is 23.4. The number of ether oxygens (including phenoxy) is 1. The third kappa shape index (κ3) is 4.30. The summed E-state index contributed by atoms with van der Waals surface area (Å²) in [7, 11) is 0. The number of thiocarbonyl (C=S) groups is 1. The minimum atomic E-state index is -0.943. The molecule has 0 fully saturated rings. The summed E-state index contributed by atoms with van der Waals surface area (Å²) in [4.78, 5) is 0.419. The molecule has 0 aromatic heterocycles. The largest absolute Gasteiger partial charge is 0.374 e. The van der Waals surface area contributed by atoms with Gasteiger partial charge in [0.25, 0.3) is 0 Å². The summed E-state index contributed by atoms with van der Waals surface area (Å²) in [5.41, 5.74) is 0.567. The van der Waals surface area contributed by atoms with E-state index in [1.54, 1.807) is 6.92 Å². The van der Waals surface area contributed by atoms with Gasteiger partial charge in [0, 0.05) is 25.3 Å². The Balaban J connectivity index is 2.44. The maximum atomic E-state index is 9.86. The van der Waals surface area contributed by atoms with Crippen molar-refractivity contribution in [2.75, 3.05) is 19.7 Å². The van der Waals surface area contributed by atoms with Crippen LogP contribution in [0.15, 0.2) is 11.6 Å². The van der Waals surface area contributed by atoms with Gasteiger partial charge in [-0.1, -0.05) is 18.3 Å². The molecule has 0 aliphatic carbocycles. The summed E-state index contributed by atoms with van der Waals surface area (Å²) < 4.78 is 4.92. The first kappa shape index (κ1) is 14.5. The monoisotopic (exact) mass is 261 g/mol. The van der Waals surface area contributed by atoms with Crippen LogP contribution in [0.5, 0.6) is 0 Å². The Hall–Kier alpha value is -0.570. The van der Waals surface area contributed by atoms with Gasteiger partial charge >= 0.3 is 0 Å². The van der Waals surface area contributed by atoms with E-state index >= 15 is 0 Å². The highest BCUT2D eigenvalue weighted by Gasteiger charge is 2.22. The van der Waals surface area contributed by atoms with E-state index in [9.17, 15) is 10.2 Å². The van der Waals surface area contributed by atoms with E-state index in [1.165, 1.54) is 5.01 Å². The fourth-order valence-corrected chi connectivity index (χ4v) is 1.80. The second-order valence-corrected chi connectivity index (χ2v) is 4.05. The highest BCUT2D eigenvalue weighted by molar-refractivity contribution is 7.80. The van der Waals surface area contributed by atoms with Crippen molar-refractivity contribution in [1.29, 1.82) is 0 Å². The van der Waals surface area contributed by atoms with E-state index in [4.69, 9.17) is 22.8 Å². The van der Waals surface area contributed by atoms with Crippen molar-refractivity contribution in [3.8, 4) is 0 Å². The number of aliphatic hydroxyl groups is 2. The maximum Gasteiger partial charge on any atom is 0.167 e. The Labute approximate surface area is 106 Å². The molecule has 2 unspecified atom stereocenters. The number of hydrazine groups is 1. The van der Waals surface area contributed by atoms with Crippen molar-refractivity contribution in [2.45, 2.75) is 25.9 Å². The van der Waals surface area contributed by atoms with E-state index in [1.807, 2.05) is 6.08 Å². The molecule has 1 rings (SSSR count). The van der Waals surface area contributed by atoms with Crippen molar-refractivity contribution in [1.82, 2.24) is 10.3 Å². The third-order valence-corrected chi connectivity index (χ3v) is 2.85. The van der Waals surface area contributed by atoms with Gasteiger partial charge in [-0.05, 0) is 13.3 Å². The number of nitrogens with two attached hydrogens (primary N) is 1. The molecule has 0 bridgehead atoms. The Morgan fingerprint density at radius 3 is 3.00 bits per heavy atom. The molecular weight excluding hydrogens is 242 g/mol. The zero-order chi connectivity index (χ0) is 12.8. The quantitative estimate of drug-likeness (QED) is 0.279. The SMILES string of the molecule is CCOC(O)CNC(O)C1=CCCN(N)C1=S. The average molecular weight is 261 g/mol. The lowest BCUT2D eigenvalue weighted by atomic mass is 10.1. The predicted octanol–water partition coefficient (Wildman–Crippen LogP) is -0.917. The molecule has 6 nitrogen and oxygen atoms in total. The molecule has 98 valence electrons. The van der Waals surface area contributed by atoms with Gasteiger partial charge in [0.15, 0.2) is 6.29 Å². The molecule has 5 N–H and O–H groups in total. The molecule has 1 heterocycles. The van der Waals surface area contributed by atoms with Gasteiger partial charge in [-0.25, -0.2) is 5.84 Å². The first-order valence-corrected chi connectivity index (χ1v) is 5.94. The van der Waals surface area contributed by atoms with Crippen LogP contribution in [0, 0.1) is 0 Å². The van der Waals surface area contributed by atoms with Crippen LogP contribution in [0.4, 0.5) is 0 Å². The summed E-state index contributed by atoms with van der Waals surface area (Å²) in [6.45, 7) is 2.97.